The highest BCUT2D eigenvalue weighted by molar-refractivity contribution is 6.42. The molecule has 0 spiro atoms. The first-order chi connectivity index (χ1) is 9.74. The van der Waals surface area contributed by atoms with E-state index >= 15 is 0 Å². The van der Waals surface area contributed by atoms with Crippen molar-refractivity contribution < 1.29 is 22.7 Å². The first-order valence-electron chi connectivity index (χ1n) is 5.94. The average molecular weight is 343 g/mol. The SMILES string of the molecule is O=C(Nc1ccc(Cl)c(Cl)c1)N1CC(OCC(F)(F)F)C1. The Labute approximate surface area is 128 Å². The third-order valence-electron chi connectivity index (χ3n) is 2.79. The van der Waals surface area contributed by atoms with Crippen LogP contribution in [-0.4, -0.2) is 42.9 Å². The fourth-order valence-corrected chi connectivity index (χ4v) is 2.00. The Morgan fingerprint density at radius 3 is 2.57 bits per heavy atom. The number of carbonyl (C=O) groups excluding carboxylic acids is 1. The van der Waals surface area contributed by atoms with Crippen molar-refractivity contribution in [1.82, 2.24) is 4.90 Å². The largest absolute Gasteiger partial charge is 0.411 e. The van der Waals surface area contributed by atoms with Crippen molar-refractivity contribution in [2.24, 2.45) is 0 Å². The summed E-state index contributed by atoms with van der Waals surface area (Å²) in [6, 6.07) is 4.16. The second-order valence-electron chi connectivity index (χ2n) is 4.51. The molecule has 2 rings (SSSR count). The lowest BCUT2D eigenvalue weighted by atomic mass is 10.2. The molecule has 4 nitrogen and oxygen atoms in total. The Morgan fingerprint density at radius 1 is 1.33 bits per heavy atom. The molecule has 0 unspecified atom stereocenters. The third-order valence-corrected chi connectivity index (χ3v) is 3.53. The van der Waals surface area contributed by atoms with Crippen molar-refractivity contribution in [3.8, 4) is 0 Å². The predicted octanol–water partition coefficient (Wildman–Crippen LogP) is 3.79. The van der Waals surface area contributed by atoms with Crippen molar-refractivity contribution in [1.29, 1.82) is 0 Å². The Kier molecular flexibility index (Phi) is 4.85. The number of ether oxygens (including phenoxy) is 1. The number of nitrogens with one attached hydrogen (secondary N) is 1. The van der Waals surface area contributed by atoms with Gasteiger partial charge >= 0.3 is 12.2 Å². The van der Waals surface area contributed by atoms with Crippen LogP contribution in [-0.2, 0) is 4.74 Å². The number of carbonyl (C=O) groups is 1. The smallest absolute Gasteiger partial charge is 0.365 e. The number of hydrogen-bond donors (Lipinski definition) is 1. The van der Waals surface area contributed by atoms with Crippen LogP contribution in [0.4, 0.5) is 23.7 Å². The molecule has 1 aromatic rings. The van der Waals surface area contributed by atoms with Crippen LogP contribution in [0.3, 0.4) is 0 Å². The fraction of sp³-hybridized carbons (Fsp3) is 0.417. The van der Waals surface area contributed by atoms with Crippen molar-refractivity contribution in [3.05, 3.63) is 28.2 Å². The Morgan fingerprint density at radius 2 is 2.00 bits per heavy atom. The van der Waals surface area contributed by atoms with Crippen molar-refractivity contribution in [3.63, 3.8) is 0 Å². The minimum atomic E-state index is -4.36. The predicted molar refractivity (Wildman–Crippen MR) is 72.8 cm³/mol. The van der Waals surface area contributed by atoms with Gasteiger partial charge in [-0.2, -0.15) is 13.2 Å². The lowest BCUT2D eigenvalue weighted by Crippen LogP contribution is -2.56. The van der Waals surface area contributed by atoms with Gasteiger partial charge in [0.15, 0.2) is 0 Å². The molecule has 0 aromatic heterocycles. The van der Waals surface area contributed by atoms with Gasteiger partial charge in [-0.25, -0.2) is 4.79 Å². The second-order valence-corrected chi connectivity index (χ2v) is 5.33. The van der Waals surface area contributed by atoms with E-state index in [-0.39, 0.29) is 13.1 Å². The van der Waals surface area contributed by atoms with Crippen LogP contribution in [0.1, 0.15) is 0 Å². The number of amides is 2. The Hall–Kier alpha value is -1.18. The molecule has 1 fully saturated rings. The first-order valence-corrected chi connectivity index (χ1v) is 6.69. The molecule has 0 saturated carbocycles. The molecule has 116 valence electrons. The first kappa shape index (κ1) is 16.2. The lowest BCUT2D eigenvalue weighted by Gasteiger charge is -2.38. The van der Waals surface area contributed by atoms with Gasteiger partial charge < -0.3 is 15.0 Å². The Balaban J connectivity index is 1.77. The maximum atomic E-state index is 11.9. The molecular weight excluding hydrogens is 332 g/mol. The Bertz CT molecular complexity index is 534. The molecule has 1 aliphatic heterocycles. The number of anilines is 1. The van der Waals surface area contributed by atoms with Gasteiger partial charge in [-0.3, -0.25) is 0 Å². The minimum Gasteiger partial charge on any atom is -0.365 e. The lowest BCUT2D eigenvalue weighted by molar-refractivity contribution is -0.195. The zero-order chi connectivity index (χ0) is 15.6. The molecule has 1 aromatic carbocycles. The monoisotopic (exact) mass is 342 g/mol. The summed E-state index contributed by atoms with van der Waals surface area (Å²) in [4.78, 5) is 13.1. The second kappa shape index (κ2) is 6.29. The van der Waals surface area contributed by atoms with E-state index in [2.05, 4.69) is 10.1 Å². The zero-order valence-electron chi connectivity index (χ0n) is 10.6. The molecule has 1 heterocycles. The summed E-state index contributed by atoms with van der Waals surface area (Å²) < 4.78 is 40.5. The van der Waals surface area contributed by atoms with Crippen molar-refractivity contribution >= 4 is 34.9 Å². The summed E-state index contributed by atoms with van der Waals surface area (Å²) in [6.45, 7) is -1.08. The highest BCUT2D eigenvalue weighted by atomic mass is 35.5. The van der Waals surface area contributed by atoms with Gasteiger partial charge in [0.05, 0.1) is 29.2 Å². The van der Waals surface area contributed by atoms with Crippen LogP contribution < -0.4 is 5.32 Å². The van der Waals surface area contributed by atoms with Gasteiger partial charge in [0.1, 0.15) is 6.61 Å². The van der Waals surface area contributed by atoms with Crippen LogP contribution in [0.2, 0.25) is 10.0 Å². The summed E-state index contributed by atoms with van der Waals surface area (Å²) in [5.74, 6) is 0. The zero-order valence-corrected chi connectivity index (χ0v) is 12.1. The summed E-state index contributed by atoms with van der Waals surface area (Å²) in [5.41, 5.74) is 0.453. The highest BCUT2D eigenvalue weighted by Gasteiger charge is 2.35. The summed E-state index contributed by atoms with van der Waals surface area (Å²) in [6.07, 6.45) is -4.95. The molecular formula is C12H11Cl2F3N2O2. The van der Waals surface area contributed by atoms with E-state index in [9.17, 15) is 18.0 Å². The number of nitrogens with zero attached hydrogens (tertiary/aromatic N) is 1. The van der Waals surface area contributed by atoms with Crippen LogP contribution in [0, 0.1) is 0 Å². The van der Waals surface area contributed by atoms with E-state index in [1.54, 1.807) is 6.07 Å². The summed E-state index contributed by atoms with van der Waals surface area (Å²) in [7, 11) is 0. The molecule has 9 heteroatoms. The number of halogens is 5. The number of urea groups is 1. The van der Waals surface area contributed by atoms with Gasteiger partial charge in [-0.05, 0) is 18.2 Å². The van der Waals surface area contributed by atoms with Crippen LogP contribution >= 0.6 is 23.2 Å². The molecule has 1 N–H and O–H groups in total. The molecule has 1 saturated heterocycles. The molecule has 0 radical (unpaired) electrons. The van der Waals surface area contributed by atoms with Crippen molar-refractivity contribution in [2.75, 3.05) is 25.0 Å². The van der Waals surface area contributed by atoms with Gasteiger partial charge in [0.25, 0.3) is 0 Å². The van der Waals surface area contributed by atoms with Gasteiger partial charge in [-0.15, -0.1) is 0 Å². The molecule has 0 atom stereocenters. The number of likely N-dealkylation sites (tertiary alicyclic amines) is 1. The molecule has 0 aliphatic carbocycles. The van der Waals surface area contributed by atoms with E-state index in [0.717, 1.165) is 0 Å². The number of hydrogen-bond acceptors (Lipinski definition) is 2. The standard InChI is InChI=1S/C12H11Cl2F3N2O2/c13-9-2-1-7(3-10(9)14)18-11(20)19-4-8(5-19)21-6-12(15,16)17/h1-3,8H,4-6H2,(H,18,20). The number of rotatable bonds is 3. The fourth-order valence-electron chi connectivity index (χ4n) is 1.70. The molecule has 0 bridgehead atoms. The maximum absolute atomic E-state index is 11.9. The number of alkyl halides is 3. The van der Waals surface area contributed by atoms with Crippen molar-refractivity contribution in [2.45, 2.75) is 12.3 Å². The summed E-state index contributed by atoms with van der Waals surface area (Å²) >= 11 is 11.6. The maximum Gasteiger partial charge on any atom is 0.411 e. The van der Waals surface area contributed by atoms with Gasteiger partial charge in [-0.1, -0.05) is 23.2 Å². The molecule has 21 heavy (non-hydrogen) atoms. The molecule has 1 aliphatic rings. The van der Waals surface area contributed by atoms with Crippen LogP contribution in [0.25, 0.3) is 0 Å². The highest BCUT2D eigenvalue weighted by Crippen LogP contribution is 2.26. The van der Waals surface area contributed by atoms with E-state index < -0.39 is 24.9 Å². The minimum absolute atomic E-state index is 0.114. The quantitative estimate of drug-likeness (QED) is 0.907. The number of benzene rings is 1. The van der Waals surface area contributed by atoms with E-state index in [1.807, 2.05) is 0 Å². The van der Waals surface area contributed by atoms with Crippen LogP contribution in [0.5, 0.6) is 0 Å². The van der Waals surface area contributed by atoms with Gasteiger partial charge in [0, 0.05) is 5.69 Å². The third kappa shape index (κ3) is 4.66. The van der Waals surface area contributed by atoms with E-state index in [1.165, 1.54) is 17.0 Å². The van der Waals surface area contributed by atoms with E-state index in [4.69, 9.17) is 23.2 Å². The van der Waals surface area contributed by atoms with Gasteiger partial charge in [0.2, 0.25) is 0 Å². The summed E-state index contributed by atoms with van der Waals surface area (Å²) in [5, 5.41) is 3.23. The molecule has 2 amide bonds. The average Bonchev–Trinajstić information content (AvgIpc) is 2.30. The van der Waals surface area contributed by atoms with E-state index in [0.29, 0.717) is 15.7 Å². The topological polar surface area (TPSA) is 41.6 Å². The normalized spacial score (nSPS) is 15.8. The van der Waals surface area contributed by atoms with Crippen LogP contribution in [0.15, 0.2) is 18.2 Å².